The third-order valence-electron chi connectivity index (χ3n) is 4.67. The first-order valence-corrected chi connectivity index (χ1v) is 8.91. The average molecular weight is 340 g/mol. The Labute approximate surface area is 150 Å². The van der Waals surface area contributed by atoms with Crippen LogP contribution in [-0.4, -0.2) is 41.6 Å². The van der Waals surface area contributed by atoms with Crippen LogP contribution in [0.3, 0.4) is 0 Å². The van der Waals surface area contributed by atoms with E-state index in [1.807, 2.05) is 6.07 Å². The minimum absolute atomic E-state index is 0.203. The zero-order valence-corrected chi connectivity index (χ0v) is 15.2. The van der Waals surface area contributed by atoms with Crippen molar-refractivity contribution in [2.24, 2.45) is 0 Å². The Bertz CT molecular complexity index is 659. The first-order valence-electron chi connectivity index (χ1n) is 8.50. The molecule has 24 heavy (non-hydrogen) atoms. The van der Waals surface area contributed by atoms with Crippen molar-refractivity contribution in [3.63, 3.8) is 0 Å². The van der Waals surface area contributed by atoms with Crippen LogP contribution in [-0.2, 0) is 0 Å². The zero-order valence-electron chi connectivity index (χ0n) is 14.4. The molecule has 0 radical (unpaired) electrons. The van der Waals surface area contributed by atoms with E-state index in [1.165, 1.54) is 11.1 Å². The van der Waals surface area contributed by atoms with Gasteiger partial charge in [-0.25, -0.2) is 0 Å². The molecule has 0 spiro atoms. The summed E-state index contributed by atoms with van der Waals surface area (Å²) in [4.78, 5) is 4.71. The van der Waals surface area contributed by atoms with Gasteiger partial charge in [-0.3, -0.25) is 0 Å². The lowest BCUT2D eigenvalue weighted by Crippen LogP contribution is -2.52. The van der Waals surface area contributed by atoms with Crippen molar-refractivity contribution in [2.45, 2.75) is 19.0 Å². The minimum atomic E-state index is 0.203. The average Bonchev–Trinajstić information content (AvgIpc) is 2.63. The summed E-state index contributed by atoms with van der Waals surface area (Å²) in [6, 6.07) is 21.6. The molecule has 0 unspecified atom stereocenters. The van der Waals surface area contributed by atoms with Gasteiger partial charge in [-0.2, -0.15) is 0 Å². The fraction of sp³-hybridized carbons (Fsp3) is 0.350. The second kappa shape index (κ2) is 7.77. The molecule has 2 aromatic rings. The summed E-state index contributed by atoms with van der Waals surface area (Å²) in [7, 11) is 2.18. The van der Waals surface area contributed by atoms with Crippen LogP contribution in [0.1, 0.15) is 30.1 Å². The monoisotopic (exact) mass is 339 g/mol. The first-order chi connectivity index (χ1) is 11.6. The quantitative estimate of drug-likeness (QED) is 0.861. The molecule has 3 rings (SSSR count). The van der Waals surface area contributed by atoms with Crippen molar-refractivity contribution in [3.8, 4) is 0 Å². The molecular formula is C20H25N3S. The molecule has 4 heteroatoms. The van der Waals surface area contributed by atoms with E-state index < -0.39 is 0 Å². The molecule has 0 aliphatic carbocycles. The number of rotatable bonds is 3. The van der Waals surface area contributed by atoms with E-state index in [0.29, 0.717) is 6.04 Å². The highest BCUT2D eigenvalue weighted by Crippen LogP contribution is 2.25. The van der Waals surface area contributed by atoms with E-state index in [9.17, 15) is 0 Å². The Balaban J connectivity index is 1.74. The van der Waals surface area contributed by atoms with Gasteiger partial charge < -0.3 is 15.1 Å². The largest absolute Gasteiger partial charge is 0.356 e. The number of likely N-dealkylation sites (N-methyl/N-ethyl adjacent to an activating group) is 1. The third kappa shape index (κ3) is 3.94. The van der Waals surface area contributed by atoms with Crippen LogP contribution >= 0.6 is 12.2 Å². The maximum Gasteiger partial charge on any atom is 0.170 e. The van der Waals surface area contributed by atoms with Gasteiger partial charge in [0, 0.05) is 19.6 Å². The van der Waals surface area contributed by atoms with Gasteiger partial charge in [0.2, 0.25) is 0 Å². The van der Waals surface area contributed by atoms with E-state index in [0.717, 1.165) is 24.7 Å². The Morgan fingerprint density at radius 1 is 1.04 bits per heavy atom. The second-order valence-electron chi connectivity index (χ2n) is 6.46. The highest BCUT2D eigenvalue weighted by molar-refractivity contribution is 7.80. The van der Waals surface area contributed by atoms with E-state index in [1.54, 1.807) is 0 Å². The van der Waals surface area contributed by atoms with Crippen LogP contribution in [0.2, 0.25) is 0 Å². The highest BCUT2D eigenvalue weighted by atomic mass is 32.1. The van der Waals surface area contributed by atoms with E-state index >= 15 is 0 Å². The molecule has 0 aromatic heterocycles. The molecule has 0 bridgehead atoms. The minimum Gasteiger partial charge on any atom is -0.356 e. The van der Waals surface area contributed by atoms with Gasteiger partial charge in [-0.1, -0.05) is 60.7 Å². The van der Waals surface area contributed by atoms with Crippen LogP contribution in [0.4, 0.5) is 0 Å². The van der Waals surface area contributed by atoms with Crippen LogP contribution in [0.25, 0.3) is 0 Å². The smallest absolute Gasteiger partial charge is 0.170 e. The summed E-state index contributed by atoms with van der Waals surface area (Å²) >= 11 is 5.76. The molecule has 3 nitrogen and oxygen atoms in total. The summed E-state index contributed by atoms with van der Waals surface area (Å²) in [5.74, 6) is 0. The molecule has 2 atom stereocenters. The number of hydrogen-bond acceptors (Lipinski definition) is 2. The van der Waals surface area contributed by atoms with E-state index in [2.05, 4.69) is 83.7 Å². The van der Waals surface area contributed by atoms with Gasteiger partial charge in [0.1, 0.15) is 0 Å². The lowest BCUT2D eigenvalue weighted by atomic mass is 10.0. The number of nitrogens with one attached hydrogen (secondary N) is 1. The third-order valence-corrected chi connectivity index (χ3v) is 5.02. The van der Waals surface area contributed by atoms with Crippen LogP contribution in [0.15, 0.2) is 60.7 Å². The number of piperazine rings is 1. The van der Waals surface area contributed by atoms with Crippen molar-refractivity contribution in [1.82, 2.24) is 15.1 Å². The maximum absolute atomic E-state index is 5.76. The molecule has 1 heterocycles. The summed E-state index contributed by atoms with van der Waals surface area (Å²) < 4.78 is 0. The Morgan fingerprint density at radius 2 is 1.67 bits per heavy atom. The summed E-state index contributed by atoms with van der Waals surface area (Å²) in [6.45, 7) is 5.13. The first kappa shape index (κ1) is 16.9. The van der Waals surface area contributed by atoms with E-state index in [-0.39, 0.29) is 6.04 Å². The Kier molecular flexibility index (Phi) is 5.48. The summed E-state index contributed by atoms with van der Waals surface area (Å²) in [5, 5.41) is 4.36. The predicted octanol–water partition coefficient (Wildman–Crippen LogP) is 3.61. The SMILES string of the molecule is C[C@H](NC(=S)N1CCN(C)C[C@H]1c1ccccc1)c1ccccc1. The molecule has 1 saturated heterocycles. The van der Waals surface area contributed by atoms with Crippen molar-refractivity contribution in [3.05, 3.63) is 71.8 Å². The van der Waals surface area contributed by atoms with Crippen LogP contribution < -0.4 is 5.32 Å². The number of benzene rings is 2. The van der Waals surface area contributed by atoms with Crippen molar-refractivity contribution >= 4 is 17.3 Å². The molecular weight excluding hydrogens is 314 g/mol. The molecule has 1 fully saturated rings. The van der Waals surface area contributed by atoms with Gasteiger partial charge in [0.05, 0.1) is 12.1 Å². The molecule has 1 aliphatic heterocycles. The van der Waals surface area contributed by atoms with Gasteiger partial charge in [-0.15, -0.1) is 0 Å². The van der Waals surface area contributed by atoms with Gasteiger partial charge in [0.15, 0.2) is 5.11 Å². The summed E-state index contributed by atoms with van der Waals surface area (Å²) in [6.07, 6.45) is 0. The van der Waals surface area contributed by atoms with Gasteiger partial charge in [-0.05, 0) is 37.3 Å². The lowest BCUT2D eigenvalue weighted by Gasteiger charge is -2.42. The summed E-state index contributed by atoms with van der Waals surface area (Å²) in [5.41, 5.74) is 2.57. The number of nitrogens with zero attached hydrogens (tertiary/aromatic N) is 2. The standard InChI is InChI=1S/C20H25N3S/c1-16(17-9-5-3-6-10-17)21-20(24)23-14-13-22(2)15-19(23)18-11-7-4-8-12-18/h3-12,16,19H,13-15H2,1-2H3,(H,21,24)/t16-,19-/m0/s1. The molecule has 1 N–H and O–H groups in total. The van der Waals surface area contributed by atoms with Crippen molar-refractivity contribution < 1.29 is 0 Å². The second-order valence-corrected chi connectivity index (χ2v) is 6.85. The normalized spacial score (nSPS) is 19.8. The fourth-order valence-electron chi connectivity index (χ4n) is 3.22. The number of thiocarbonyl (C=S) groups is 1. The van der Waals surface area contributed by atoms with Crippen LogP contribution in [0, 0.1) is 0 Å². The molecule has 2 aromatic carbocycles. The highest BCUT2D eigenvalue weighted by Gasteiger charge is 2.28. The maximum atomic E-state index is 5.76. The fourth-order valence-corrected chi connectivity index (χ4v) is 3.61. The lowest BCUT2D eigenvalue weighted by molar-refractivity contribution is 0.149. The van der Waals surface area contributed by atoms with E-state index in [4.69, 9.17) is 12.2 Å². The van der Waals surface area contributed by atoms with Crippen LogP contribution in [0.5, 0.6) is 0 Å². The Hall–Kier alpha value is -1.91. The van der Waals surface area contributed by atoms with Gasteiger partial charge >= 0.3 is 0 Å². The molecule has 126 valence electrons. The number of hydrogen-bond donors (Lipinski definition) is 1. The van der Waals surface area contributed by atoms with Crippen molar-refractivity contribution in [2.75, 3.05) is 26.7 Å². The molecule has 1 aliphatic rings. The topological polar surface area (TPSA) is 18.5 Å². The van der Waals surface area contributed by atoms with Crippen molar-refractivity contribution in [1.29, 1.82) is 0 Å². The predicted molar refractivity (Wildman–Crippen MR) is 104 cm³/mol. The van der Waals surface area contributed by atoms with Gasteiger partial charge in [0.25, 0.3) is 0 Å². The Morgan fingerprint density at radius 3 is 2.33 bits per heavy atom. The molecule has 0 saturated carbocycles. The zero-order chi connectivity index (χ0) is 16.9. The molecule has 0 amide bonds.